The first kappa shape index (κ1) is 14.1. The maximum Gasteiger partial charge on any atom is 0.162 e. The highest BCUT2D eigenvalue weighted by molar-refractivity contribution is 6.30. The number of halogens is 1. The summed E-state index contributed by atoms with van der Waals surface area (Å²) in [6.07, 6.45) is 0. The second-order valence-electron chi connectivity index (χ2n) is 4.10. The number of hydrogen-bond acceptors (Lipinski definition) is 4. The minimum absolute atomic E-state index is 0.147. The first-order valence-electron chi connectivity index (χ1n) is 5.45. The molecule has 0 aliphatic carbocycles. The zero-order chi connectivity index (χ0) is 12.8. The first-order chi connectivity index (χ1) is 8.04. The van der Waals surface area contributed by atoms with Crippen LogP contribution >= 0.6 is 11.6 Å². The largest absolute Gasteiger partial charge is 0.504 e. The van der Waals surface area contributed by atoms with Crippen LogP contribution in [-0.2, 0) is 6.54 Å². The van der Waals surface area contributed by atoms with Crippen LogP contribution in [0.25, 0.3) is 0 Å². The zero-order valence-electron chi connectivity index (χ0n) is 10.5. The summed E-state index contributed by atoms with van der Waals surface area (Å²) < 4.78 is 5.04. The molecular formula is C12H19ClN2O2. The molecule has 0 spiro atoms. The number of ether oxygens (including phenoxy) is 1. The fourth-order valence-corrected chi connectivity index (χ4v) is 1.68. The van der Waals surface area contributed by atoms with Gasteiger partial charge < -0.3 is 20.1 Å². The van der Waals surface area contributed by atoms with E-state index in [9.17, 15) is 5.11 Å². The van der Waals surface area contributed by atoms with Crippen molar-refractivity contribution in [2.24, 2.45) is 0 Å². The summed E-state index contributed by atoms with van der Waals surface area (Å²) in [7, 11) is 5.54. The minimum atomic E-state index is 0.147. The molecule has 0 aromatic heterocycles. The average Bonchev–Trinajstić information content (AvgIpc) is 2.28. The number of nitrogens with one attached hydrogen (secondary N) is 1. The molecule has 0 heterocycles. The third-order valence-corrected chi connectivity index (χ3v) is 2.61. The Morgan fingerprint density at radius 3 is 2.71 bits per heavy atom. The van der Waals surface area contributed by atoms with Gasteiger partial charge in [0, 0.05) is 36.3 Å². The van der Waals surface area contributed by atoms with Gasteiger partial charge in [-0.15, -0.1) is 0 Å². The Morgan fingerprint density at radius 2 is 2.12 bits per heavy atom. The van der Waals surface area contributed by atoms with Gasteiger partial charge >= 0.3 is 0 Å². The number of phenolic OH excluding ortho intramolecular Hbond substituents is 1. The van der Waals surface area contributed by atoms with E-state index in [1.54, 1.807) is 12.1 Å². The molecule has 0 radical (unpaired) electrons. The Kier molecular flexibility index (Phi) is 5.55. The molecule has 0 aliphatic heterocycles. The molecule has 96 valence electrons. The van der Waals surface area contributed by atoms with Crippen LogP contribution in [0.15, 0.2) is 12.1 Å². The third-order valence-electron chi connectivity index (χ3n) is 2.39. The smallest absolute Gasteiger partial charge is 0.162 e. The fraction of sp³-hybridized carbons (Fsp3) is 0.500. The van der Waals surface area contributed by atoms with Crippen molar-refractivity contribution in [2.75, 3.05) is 34.3 Å². The molecule has 1 aromatic rings. The van der Waals surface area contributed by atoms with E-state index in [-0.39, 0.29) is 5.75 Å². The monoisotopic (exact) mass is 258 g/mol. The van der Waals surface area contributed by atoms with Crippen LogP contribution in [0.3, 0.4) is 0 Å². The van der Waals surface area contributed by atoms with E-state index < -0.39 is 0 Å². The van der Waals surface area contributed by atoms with Crippen LogP contribution in [0.1, 0.15) is 5.56 Å². The molecule has 0 fully saturated rings. The lowest BCUT2D eigenvalue weighted by Crippen LogP contribution is -2.26. The van der Waals surface area contributed by atoms with Crippen molar-refractivity contribution in [3.05, 3.63) is 22.7 Å². The quantitative estimate of drug-likeness (QED) is 0.763. The number of phenols is 1. The van der Waals surface area contributed by atoms with Crippen molar-refractivity contribution in [1.29, 1.82) is 0 Å². The van der Waals surface area contributed by atoms with Gasteiger partial charge in [-0.05, 0) is 20.2 Å². The molecule has 17 heavy (non-hydrogen) atoms. The predicted octanol–water partition coefficient (Wildman–Crippen LogP) is 1.71. The van der Waals surface area contributed by atoms with Gasteiger partial charge in [0.2, 0.25) is 0 Å². The zero-order valence-corrected chi connectivity index (χ0v) is 11.2. The Bertz CT molecular complexity index is 370. The van der Waals surface area contributed by atoms with Crippen molar-refractivity contribution in [1.82, 2.24) is 10.2 Å². The molecule has 0 atom stereocenters. The summed E-state index contributed by atoms with van der Waals surface area (Å²) in [6.45, 7) is 2.36. The standard InChI is InChI=1S/C12H19ClN2O2/c1-15(2)5-4-14-8-9-6-10(13)7-11(17-3)12(9)16/h6-7,14,16H,4-5,8H2,1-3H3. The maximum absolute atomic E-state index is 9.89. The summed E-state index contributed by atoms with van der Waals surface area (Å²) in [4.78, 5) is 2.09. The summed E-state index contributed by atoms with van der Waals surface area (Å²) in [6, 6.07) is 3.34. The molecule has 4 nitrogen and oxygen atoms in total. The molecule has 0 unspecified atom stereocenters. The van der Waals surface area contributed by atoms with Crippen molar-refractivity contribution >= 4 is 11.6 Å². The van der Waals surface area contributed by atoms with E-state index in [0.29, 0.717) is 17.3 Å². The van der Waals surface area contributed by atoms with E-state index in [1.807, 2.05) is 14.1 Å². The lowest BCUT2D eigenvalue weighted by Gasteiger charge is -2.12. The van der Waals surface area contributed by atoms with Gasteiger partial charge in [0.25, 0.3) is 0 Å². The van der Waals surface area contributed by atoms with Gasteiger partial charge in [0.1, 0.15) is 0 Å². The lowest BCUT2D eigenvalue weighted by atomic mass is 10.2. The van der Waals surface area contributed by atoms with Gasteiger partial charge in [0.15, 0.2) is 11.5 Å². The van der Waals surface area contributed by atoms with Crippen LogP contribution in [0, 0.1) is 0 Å². The number of benzene rings is 1. The van der Waals surface area contributed by atoms with Gasteiger partial charge in [-0.2, -0.15) is 0 Å². The third kappa shape index (κ3) is 4.42. The highest BCUT2D eigenvalue weighted by Crippen LogP contribution is 2.33. The maximum atomic E-state index is 9.89. The number of nitrogens with zero attached hydrogens (tertiary/aromatic N) is 1. The molecule has 1 aromatic carbocycles. The van der Waals surface area contributed by atoms with Gasteiger partial charge in [-0.25, -0.2) is 0 Å². The molecule has 5 heteroatoms. The molecular weight excluding hydrogens is 240 g/mol. The van der Waals surface area contributed by atoms with E-state index >= 15 is 0 Å². The highest BCUT2D eigenvalue weighted by atomic mass is 35.5. The summed E-state index contributed by atoms with van der Waals surface area (Å²) in [5.74, 6) is 0.552. The number of likely N-dealkylation sites (N-methyl/N-ethyl adjacent to an activating group) is 1. The molecule has 1 rings (SSSR count). The van der Waals surface area contributed by atoms with E-state index in [2.05, 4.69) is 10.2 Å². The van der Waals surface area contributed by atoms with Crippen molar-refractivity contribution < 1.29 is 9.84 Å². The van der Waals surface area contributed by atoms with E-state index in [0.717, 1.165) is 18.7 Å². The van der Waals surface area contributed by atoms with Crippen molar-refractivity contribution in [3.63, 3.8) is 0 Å². The van der Waals surface area contributed by atoms with E-state index in [1.165, 1.54) is 7.11 Å². The Hall–Kier alpha value is -0.970. The van der Waals surface area contributed by atoms with Crippen LogP contribution < -0.4 is 10.1 Å². The number of aromatic hydroxyl groups is 1. The highest BCUT2D eigenvalue weighted by Gasteiger charge is 2.09. The summed E-state index contributed by atoms with van der Waals surface area (Å²) in [5.41, 5.74) is 0.744. The molecule has 0 saturated heterocycles. The fourth-order valence-electron chi connectivity index (χ4n) is 1.44. The number of rotatable bonds is 6. The van der Waals surface area contributed by atoms with Crippen LogP contribution in [-0.4, -0.2) is 44.3 Å². The average molecular weight is 259 g/mol. The van der Waals surface area contributed by atoms with Crippen molar-refractivity contribution in [2.45, 2.75) is 6.54 Å². The SMILES string of the molecule is COc1cc(Cl)cc(CNCCN(C)C)c1O. The second kappa shape index (κ2) is 6.69. The summed E-state index contributed by atoms with van der Waals surface area (Å²) in [5, 5.41) is 13.7. The van der Waals surface area contributed by atoms with Gasteiger partial charge in [-0.3, -0.25) is 0 Å². The van der Waals surface area contributed by atoms with Crippen LogP contribution in [0.5, 0.6) is 11.5 Å². The normalized spacial score (nSPS) is 10.9. The van der Waals surface area contributed by atoms with Crippen LogP contribution in [0.2, 0.25) is 5.02 Å². The lowest BCUT2D eigenvalue weighted by molar-refractivity contribution is 0.368. The topological polar surface area (TPSA) is 44.7 Å². The van der Waals surface area contributed by atoms with Crippen molar-refractivity contribution in [3.8, 4) is 11.5 Å². The molecule has 0 amide bonds. The summed E-state index contributed by atoms with van der Waals surface area (Å²) >= 11 is 5.94. The molecule has 0 aliphatic rings. The number of methoxy groups -OCH3 is 1. The molecule has 0 bridgehead atoms. The Morgan fingerprint density at radius 1 is 1.41 bits per heavy atom. The minimum Gasteiger partial charge on any atom is -0.504 e. The number of hydrogen-bond donors (Lipinski definition) is 2. The first-order valence-corrected chi connectivity index (χ1v) is 5.83. The second-order valence-corrected chi connectivity index (χ2v) is 4.53. The van der Waals surface area contributed by atoms with Crippen LogP contribution in [0.4, 0.5) is 0 Å². The molecule has 2 N–H and O–H groups in total. The van der Waals surface area contributed by atoms with Gasteiger partial charge in [-0.1, -0.05) is 11.6 Å². The van der Waals surface area contributed by atoms with Gasteiger partial charge in [0.05, 0.1) is 7.11 Å². The van der Waals surface area contributed by atoms with E-state index in [4.69, 9.17) is 16.3 Å². The predicted molar refractivity (Wildman–Crippen MR) is 69.9 cm³/mol. The Labute approximate surface area is 107 Å². The Balaban J connectivity index is 2.61. The molecule has 0 saturated carbocycles.